The van der Waals surface area contributed by atoms with E-state index in [0.717, 1.165) is 11.8 Å². The molecule has 1 amide bonds. The van der Waals surface area contributed by atoms with Gasteiger partial charge in [0.1, 0.15) is 6.04 Å². The second kappa shape index (κ2) is 9.37. The lowest BCUT2D eigenvalue weighted by atomic mass is 10.1. The first-order valence-corrected chi connectivity index (χ1v) is 8.18. The van der Waals surface area contributed by atoms with E-state index in [1.807, 2.05) is 6.07 Å². The Hall–Kier alpha value is -3.60. The minimum absolute atomic E-state index is 0.188. The summed E-state index contributed by atoms with van der Waals surface area (Å²) in [5.74, 6) is -2.52. The van der Waals surface area contributed by atoms with E-state index in [9.17, 15) is 22.8 Å². The molecule has 2 N–H and O–H groups in total. The minimum Gasteiger partial charge on any atom is -0.379 e. The first-order chi connectivity index (χ1) is 13.3. The molecule has 0 bridgehead atoms. The van der Waals surface area contributed by atoms with Crippen molar-refractivity contribution >= 4 is 17.4 Å². The molecule has 144 valence electrons. The number of hydrogen-bond acceptors (Lipinski definition) is 4. The van der Waals surface area contributed by atoms with Crippen molar-refractivity contribution in [1.29, 1.82) is 5.26 Å². The van der Waals surface area contributed by atoms with Gasteiger partial charge in [0, 0.05) is 24.4 Å². The maximum absolute atomic E-state index is 12.6. The van der Waals surface area contributed by atoms with Crippen LogP contribution in [0, 0.1) is 11.3 Å². The highest BCUT2D eigenvalue weighted by molar-refractivity contribution is 5.96. The Kier molecular flexibility index (Phi) is 6.93. The Morgan fingerprint density at radius 2 is 1.71 bits per heavy atom. The van der Waals surface area contributed by atoms with Crippen molar-refractivity contribution in [3.05, 3.63) is 78.0 Å². The van der Waals surface area contributed by atoms with Crippen molar-refractivity contribution in [2.75, 3.05) is 5.32 Å². The predicted octanol–water partition coefficient (Wildman–Crippen LogP) is 3.34. The molecule has 2 rings (SSSR count). The zero-order valence-corrected chi connectivity index (χ0v) is 14.5. The molecule has 0 saturated heterocycles. The third-order valence-electron chi connectivity index (χ3n) is 3.69. The van der Waals surface area contributed by atoms with E-state index in [1.165, 1.54) is 12.1 Å². The number of benzene rings is 2. The number of rotatable bonds is 7. The van der Waals surface area contributed by atoms with Gasteiger partial charge >= 0.3 is 6.18 Å². The van der Waals surface area contributed by atoms with Gasteiger partial charge in [-0.25, -0.2) is 0 Å². The molecule has 28 heavy (non-hydrogen) atoms. The highest BCUT2D eigenvalue weighted by atomic mass is 19.4. The zero-order chi connectivity index (χ0) is 20.6. The Morgan fingerprint density at radius 1 is 1.07 bits per heavy atom. The number of alkyl halides is 3. The Bertz CT molecular complexity index is 886. The second-order valence-electron chi connectivity index (χ2n) is 5.78. The number of carbonyl (C=O) groups is 2. The summed E-state index contributed by atoms with van der Waals surface area (Å²) < 4.78 is 36.9. The molecule has 0 fully saturated rings. The van der Waals surface area contributed by atoms with Crippen LogP contribution in [0.15, 0.2) is 66.9 Å². The number of amides is 1. The number of nitrogens with one attached hydrogen (secondary N) is 2. The van der Waals surface area contributed by atoms with Gasteiger partial charge < -0.3 is 10.6 Å². The quantitative estimate of drug-likeness (QED) is 0.714. The first kappa shape index (κ1) is 20.7. The van der Waals surface area contributed by atoms with Crippen molar-refractivity contribution in [1.82, 2.24) is 5.32 Å². The third kappa shape index (κ3) is 6.29. The van der Waals surface area contributed by atoms with Crippen LogP contribution in [0.4, 0.5) is 18.9 Å². The van der Waals surface area contributed by atoms with Gasteiger partial charge in [0.15, 0.2) is 0 Å². The molecular weight excluding hydrogens is 371 g/mol. The Balaban J connectivity index is 2.12. The average Bonchev–Trinajstić information content (AvgIpc) is 2.67. The van der Waals surface area contributed by atoms with E-state index in [1.54, 1.807) is 42.5 Å². The largest absolute Gasteiger partial charge is 0.454 e. The molecule has 0 aliphatic rings. The number of allylic oxidation sites excluding steroid dienone is 1. The molecule has 0 heterocycles. The standard InChI is InChI=1S/C20H16F3N3O2/c21-20(22,23)18(27)10-11-25-17(12-14-4-2-1-3-5-14)19(28)26-16-8-6-15(13-24)7-9-16/h1-11,17,25H,12H2,(H,26,28)/b11-10+. The Morgan fingerprint density at radius 3 is 2.29 bits per heavy atom. The summed E-state index contributed by atoms with van der Waals surface area (Å²) in [6.45, 7) is 0. The lowest BCUT2D eigenvalue weighted by Crippen LogP contribution is -2.39. The molecular formula is C20H16F3N3O2. The smallest absolute Gasteiger partial charge is 0.379 e. The third-order valence-corrected chi connectivity index (χ3v) is 3.69. The highest BCUT2D eigenvalue weighted by Crippen LogP contribution is 2.16. The number of carbonyl (C=O) groups excluding carboxylic acids is 2. The number of halogens is 3. The summed E-state index contributed by atoms with van der Waals surface area (Å²) >= 11 is 0. The number of nitrogens with zero attached hydrogens (tertiary/aromatic N) is 1. The lowest BCUT2D eigenvalue weighted by molar-refractivity contribution is -0.165. The molecule has 0 aliphatic heterocycles. The summed E-state index contributed by atoms with van der Waals surface area (Å²) in [7, 11) is 0. The summed E-state index contributed by atoms with van der Waals surface area (Å²) in [6, 6.07) is 16.0. The maximum atomic E-state index is 12.6. The topological polar surface area (TPSA) is 82.0 Å². The van der Waals surface area contributed by atoms with Gasteiger partial charge in [0.25, 0.3) is 5.78 Å². The maximum Gasteiger partial charge on any atom is 0.454 e. The van der Waals surface area contributed by atoms with Crippen LogP contribution in [0.5, 0.6) is 0 Å². The number of hydrogen-bond donors (Lipinski definition) is 2. The van der Waals surface area contributed by atoms with E-state index < -0.39 is 23.9 Å². The molecule has 0 spiro atoms. The van der Waals surface area contributed by atoms with Crippen molar-refractivity contribution in [2.45, 2.75) is 18.6 Å². The van der Waals surface area contributed by atoms with Crippen molar-refractivity contribution in [3.8, 4) is 6.07 Å². The summed E-state index contributed by atoms with van der Waals surface area (Å²) in [4.78, 5) is 23.5. The fraction of sp³-hybridized carbons (Fsp3) is 0.150. The minimum atomic E-state index is -4.97. The molecule has 0 radical (unpaired) electrons. The number of anilines is 1. The van der Waals surface area contributed by atoms with Gasteiger partial charge in [-0.2, -0.15) is 18.4 Å². The Labute approximate surface area is 159 Å². The lowest BCUT2D eigenvalue weighted by Gasteiger charge is -2.17. The monoisotopic (exact) mass is 387 g/mol. The van der Waals surface area contributed by atoms with Crippen LogP contribution in [0.25, 0.3) is 0 Å². The van der Waals surface area contributed by atoms with E-state index in [0.29, 0.717) is 17.3 Å². The van der Waals surface area contributed by atoms with Crippen LogP contribution < -0.4 is 10.6 Å². The number of ketones is 1. The van der Waals surface area contributed by atoms with Crippen LogP contribution in [0.2, 0.25) is 0 Å². The van der Waals surface area contributed by atoms with Gasteiger partial charge in [-0.1, -0.05) is 30.3 Å². The average molecular weight is 387 g/mol. The fourth-order valence-electron chi connectivity index (χ4n) is 2.27. The summed E-state index contributed by atoms with van der Waals surface area (Å²) in [6.07, 6.45) is -3.62. The normalized spacial score (nSPS) is 12.2. The van der Waals surface area contributed by atoms with E-state index in [4.69, 9.17) is 5.26 Å². The molecule has 8 heteroatoms. The second-order valence-corrected chi connectivity index (χ2v) is 5.78. The van der Waals surface area contributed by atoms with Crippen molar-refractivity contribution in [2.24, 2.45) is 0 Å². The summed E-state index contributed by atoms with van der Waals surface area (Å²) in [5, 5.41) is 14.0. The van der Waals surface area contributed by atoms with Crippen molar-refractivity contribution in [3.63, 3.8) is 0 Å². The fourth-order valence-corrected chi connectivity index (χ4v) is 2.27. The van der Waals surface area contributed by atoms with Gasteiger partial charge in [0.05, 0.1) is 11.6 Å². The van der Waals surface area contributed by atoms with Crippen LogP contribution in [0.3, 0.4) is 0 Å². The molecule has 2 aromatic carbocycles. The molecule has 1 unspecified atom stereocenters. The van der Waals surface area contributed by atoms with Crippen LogP contribution in [-0.2, 0) is 16.0 Å². The number of nitriles is 1. The van der Waals surface area contributed by atoms with E-state index in [2.05, 4.69) is 10.6 Å². The van der Waals surface area contributed by atoms with Crippen LogP contribution in [-0.4, -0.2) is 23.9 Å². The molecule has 0 aromatic heterocycles. The van der Waals surface area contributed by atoms with Gasteiger partial charge in [-0.05, 0) is 29.8 Å². The predicted molar refractivity (Wildman–Crippen MR) is 97.1 cm³/mol. The van der Waals surface area contributed by atoms with Gasteiger partial charge in [-0.3, -0.25) is 9.59 Å². The van der Waals surface area contributed by atoms with Crippen LogP contribution >= 0.6 is 0 Å². The molecule has 0 saturated carbocycles. The molecule has 5 nitrogen and oxygen atoms in total. The summed E-state index contributed by atoms with van der Waals surface area (Å²) in [5.41, 5.74) is 1.63. The zero-order valence-electron chi connectivity index (χ0n) is 14.5. The highest BCUT2D eigenvalue weighted by Gasteiger charge is 2.36. The van der Waals surface area contributed by atoms with Gasteiger partial charge in [-0.15, -0.1) is 0 Å². The first-order valence-electron chi connectivity index (χ1n) is 8.18. The van der Waals surface area contributed by atoms with E-state index in [-0.39, 0.29) is 6.42 Å². The van der Waals surface area contributed by atoms with Gasteiger partial charge in [0.2, 0.25) is 5.91 Å². The van der Waals surface area contributed by atoms with Crippen molar-refractivity contribution < 1.29 is 22.8 Å². The molecule has 1 atom stereocenters. The van der Waals surface area contributed by atoms with Crippen LogP contribution in [0.1, 0.15) is 11.1 Å². The van der Waals surface area contributed by atoms with E-state index >= 15 is 0 Å². The molecule has 2 aromatic rings. The molecule has 0 aliphatic carbocycles. The SMILES string of the molecule is N#Cc1ccc(NC(=O)C(Cc2ccccc2)N/C=C/C(=O)C(F)(F)F)cc1.